The molecule has 41 heavy (non-hydrogen) atoms. The van der Waals surface area contributed by atoms with Crippen molar-refractivity contribution < 1.29 is 24.1 Å². The monoisotopic (exact) mass is 576 g/mol. The Morgan fingerprint density at radius 1 is 1.00 bits per heavy atom. The summed E-state index contributed by atoms with van der Waals surface area (Å²) in [5.74, 6) is 1.02. The number of aliphatic hydroxyl groups excluding tert-OH is 1. The van der Waals surface area contributed by atoms with Crippen LogP contribution in [0.2, 0.25) is 0 Å². The Labute approximate surface area is 249 Å². The second-order valence-electron chi connectivity index (χ2n) is 10.8. The standard InChI is InChI=1S/C35H44O5S/c1-4-5-6-10-32(40-24-25-11-19-30(38-2)20-12-25)26-13-15-28(16-14-26)34-27(17-18-29(34)23-36)8-7-9-31-21-22-33(41-31)35(37)39-3/h11-16,19-22,27,32,36H,4-10,17-18,23-24H2,1-3H3/t27?,32-/m0/s1. The van der Waals surface area contributed by atoms with Crippen molar-refractivity contribution in [2.75, 3.05) is 20.8 Å². The van der Waals surface area contributed by atoms with Gasteiger partial charge in [0.25, 0.3) is 0 Å². The number of allylic oxidation sites excluding steroid dienone is 1. The van der Waals surface area contributed by atoms with Crippen molar-refractivity contribution in [3.05, 3.63) is 92.7 Å². The maximum absolute atomic E-state index is 11.8. The van der Waals surface area contributed by atoms with Gasteiger partial charge in [-0.25, -0.2) is 4.79 Å². The summed E-state index contributed by atoms with van der Waals surface area (Å²) in [7, 11) is 3.10. The van der Waals surface area contributed by atoms with Crippen LogP contribution in [-0.4, -0.2) is 31.9 Å². The van der Waals surface area contributed by atoms with Gasteiger partial charge in [-0.05, 0) is 96.5 Å². The highest BCUT2D eigenvalue weighted by molar-refractivity contribution is 7.13. The van der Waals surface area contributed by atoms with Crippen LogP contribution in [0.1, 0.15) is 95.6 Å². The molecule has 2 atom stereocenters. The van der Waals surface area contributed by atoms with Gasteiger partial charge in [-0.1, -0.05) is 62.6 Å². The molecule has 1 heterocycles. The molecule has 0 fully saturated rings. The van der Waals surface area contributed by atoms with Crippen molar-refractivity contribution in [3.63, 3.8) is 0 Å². The topological polar surface area (TPSA) is 65.0 Å². The molecule has 1 N–H and O–H groups in total. The van der Waals surface area contributed by atoms with E-state index in [1.807, 2.05) is 24.3 Å². The quantitative estimate of drug-likeness (QED) is 0.137. The van der Waals surface area contributed by atoms with Crippen molar-refractivity contribution >= 4 is 22.9 Å². The van der Waals surface area contributed by atoms with Gasteiger partial charge in [0.05, 0.1) is 33.5 Å². The first-order valence-electron chi connectivity index (χ1n) is 14.9. The Morgan fingerprint density at radius 2 is 1.78 bits per heavy atom. The second kappa shape index (κ2) is 15.9. The summed E-state index contributed by atoms with van der Waals surface area (Å²) in [6.45, 7) is 2.91. The molecule has 0 bridgehead atoms. The number of rotatable bonds is 16. The van der Waals surface area contributed by atoms with Crippen LogP contribution in [0.3, 0.4) is 0 Å². The Morgan fingerprint density at radius 3 is 2.46 bits per heavy atom. The zero-order chi connectivity index (χ0) is 29.0. The number of aliphatic hydroxyl groups is 1. The lowest BCUT2D eigenvalue weighted by Crippen LogP contribution is -2.06. The molecule has 1 aliphatic carbocycles. The molecule has 1 unspecified atom stereocenters. The van der Waals surface area contributed by atoms with Gasteiger partial charge in [0.1, 0.15) is 10.6 Å². The van der Waals surface area contributed by atoms with Crippen LogP contribution in [0.5, 0.6) is 5.75 Å². The highest BCUT2D eigenvalue weighted by Crippen LogP contribution is 2.42. The smallest absolute Gasteiger partial charge is 0.348 e. The summed E-state index contributed by atoms with van der Waals surface area (Å²) in [6.07, 6.45) is 9.65. The maximum Gasteiger partial charge on any atom is 0.348 e. The van der Waals surface area contributed by atoms with Crippen LogP contribution in [0.15, 0.2) is 66.2 Å². The summed E-state index contributed by atoms with van der Waals surface area (Å²) < 4.78 is 16.6. The minimum absolute atomic E-state index is 0.0454. The largest absolute Gasteiger partial charge is 0.497 e. The summed E-state index contributed by atoms with van der Waals surface area (Å²) in [6, 6.07) is 20.9. The fraction of sp³-hybridized carbons (Fsp3) is 0.457. The lowest BCUT2D eigenvalue weighted by molar-refractivity contribution is 0.0322. The molecular formula is C35H44O5S. The Balaban J connectivity index is 1.41. The first kappa shape index (κ1) is 31.0. The summed E-state index contributed by atoms with van der Waals surface area (Å²) in [4.78, 5) is 13.7. The number of benzene rings is 2. The third-order valence-electron chi connectivity index (χ3n) is 8.07. The average Bonchev–Trinajstić information content (AvgIpc) is 3.66. The number of esters is 1. The first-order valence-corrected chi connectivity index (χ1v) is 15.7. The Kier molecular flexibility index (Phi) is 12.0. The number of hydrogen-bond acceptors (Lipinski definition) is 6. The van der Waals surface area contributed by atoms with E-state index in [2.05, 4.69) is 43.3 Å². The predicted octanol–water partition coefficient (Wildman–Crippen LogP) is 8.56. The molecular weight excluding hydrogens is 532 g/mol. The lowest BCUT2D eigenvalue weighted by Gasteiger charge is -2.21. The number of thiophene rings is 1. The number of carbonyl (C=O) groups is 1. The van der Waals surface area contributed by atoms with Crippen molar-refractivity contribution in [1.82, 2.24) is 0 Å². The van der Waals surface area contributed by atoms with Crippen LogP contribution >= 0.6 is 11.3 Å². The summed E-state index contributed by atoms with van der Waals surface area (Å²) >= 11 is 1.52. The molecule has 0 saturated carbocycles. The fourth-order valence-electron chi connectivity index (χ4n) is 5.78. The molecule has 3 aromatic rings. The number of ether oxygens (including phenoxy) is 3. The van der Waals surface area contributed by atoms with E-state index in [0.717, 1.165) is 56.3 Å². The van der Waals surface area contributed by atoms with Crippen molar-refractivity contribution in [1.29, 1.82) is 0 Å². The van der Waals surface area contributed by atoms with Crippen molar-refractivity contribution in [2.45, 2.75) is 77.4 Å². The molecule has 6 heteroatoms. The van der Waals surface area contributed by atoms with Crippen LogP contribution in [-0.2, 0) is 22.5 Å². The molecule has 1 aliphatic rings. The molecule has 220 valence electrons. The van der Waals surface area contributed by atoms with Crippen molar-refractivity contribution in [2.24, 2.45) is 5.92 Å². The van der Waals surface area contributed by atoms with E-state index >= 15 is 0 Å². The number of methoxy groups -OCH3 is 2. The second-order valence-corrected chi connectivity index (χ2v) is 12.0. The van der Waals surface area contributed by atoms with Gasteiger partial charge >= 0.3 is 5.97 Å². The van der Waals surface area contributed by atoms with Crippen LogP contribution in [0, 0.1) is 5.92 Å². The molecule has 5 nitrogen and oxygen atoms in total. The van der Waals surface area contributed by atoms with Crippen LogP contribution in [0.4, 0.5) is 0 Å². The maximum atomic E-state index is 11.8. The van der Waals surface area contributed by atoms with E-state index in [9.17, 15) is 9.90 Å². The molecule has 0 aliphatic heterocycles. The van der Waals surface area contributed by atoms with Gasteiger partial charge in [-0.2, -0.15) is 0 Å². The molecule has 0 spiro atoms. The SMILES string of the molecule is CCCCC[C@H](OCc1ccc(OC)cc1)c1ccc(C2=C(CO)CCC2CCCc2ccc(C(=O)OC)s2)cc1. The molecule has 4 rings (SSSR count). The third-order valence-corrected chi connectivity index (χ3v) is 9.20. The molecule has 2 aromatic carbocycles. The van der Waals surface area contributed by atoms with E-state index < -0.39 is 0 Å². The Hall–Kier alpha value is -2.93. The Bertz CT molecular complexity index is 1260. The molecule has 0 radical (unpaired) electrons. The van der Waals surface area contributed by atoms with E-state index in [0.29, 0.717) is 17.4 Å². The number of carbonyl (C=O) groups excluding carboxylic acids is 1. The van der Waals surface area contributed by atoms with Gasteiger partial charge in [-0.15, -0.1) is 11.3 Å². The highest BCUT2D eigenvalue weighted by Gasteiger charge is 2.26. The van der Waals surface area contributed by atoms with Gasteiger partial charge in [0.2, 0.25) is 0 Å². The molecule has 0 amide bonds. The molecule has 1 aromatic heterocycles. The van der Waals surface area contributed by atoms with E-state index in [1.54, 1.807) is 7.11 Å². The minimum atomic E-state index is -0.267. The van der Waals surface area contributed by atoms with Gasteiger partial charge in [0, 0.05) is 4.88 Å². The van der Waals surface area contributed by atoms with E-state index in [1.165, 1.54) is 58.4 Å². The summed E-state index contributed by atoms with van der Waals surface area (Å²) in [5, 5.41) is 10.1. The van der Waals surface area contributed by atoms with Crippen LogP contribution in [0.25, 0.3) is 5.57 Å². The van der Waals surface area contributed by atoms with Gasteiger partial charge < -0.3 is 19.3 Å². The minimum Gasteiger partial charge on any atom is -0.497 e. The first-order chi connectivity index (χ1) is 20.1. The normalized spacial score (nSPS) is 15.8. The predicted molar refractivity (Wildman–Crippen MR) is 166 cm³/mol. The lowest BCUT2D eigenvalue weighted by atomic mass is 9.88. The zero-order valence-corrected chi connectivity index (χ0v) is 25.5. The van der Waals surface area contributed by atoms with Crippen molar-refractivity contribution in [3.8, 4) is 5.75 Å². The number of hydrogen-bond donors (Lipinski definition) is 1. The number of unbranched alkanes of at least 4 members (excludes halogenated alkanes) is 2. The highest BCUT2D eigenvalue weighted by atomic mass is 32.1. The third kappa shape index (κ3) is 8.54. The van der Waals surface area contributed by atoms with E-state index in [-0.39, 0.29) is 18.7 Å². The number of aryl methyl sites for hydroxylation is 1. The van der Waals surface area contributed by atoms with Gasteiger partial charge in [0.15, 0.2) is 0 Å². The van der Waals surface area contributed by atoms with Crippen LogP contribution < -0.4 is 4.74 Å². The molecule has 0 saturated heterocycles. The fourth-order valence-corrected chi connectivity index (χ4v) is 6.74. The van der Waals surface area contributed by atoms with Gasteiger partial charge in [-0.3, -0.25) is 0 Å². The summed E-state index contributed by atoms with van der Waals surface area (Å²) in [5.41, 5.74) is 6.05. The average molecular weight is 577 g/mol. The zero-order valence-electron chi connectivity index (χ0n) is 24.7. The van der Waals surface area contributed by atoms with E-state index in [4.69, 9.17) is 14.2 Å².